The minimum atomic E-state index is -1.02. The zero-order chi connectivity index (χ0) is 22.5. The highest BCUT2D eigenvalue weighted by molar-refractivity contribution is 5.84. The SMILES string of the molecule is N#Cc1ccc(NC(=O)O[C@@H](CCC/C=C/C(=O)O)c2ccccc2OCCO)cc1. The highest BCUT2D eigenvalue weighted by Gasteiger charge is 2.20. The summed E-state index contributed by atoms with van der Waals surface area (Å²) < 4.78 is 11.2. The lowest BCUT2D eigenvalue weighted by atomic mass is 10.0. The summed E-state index contributed by atoms with van der Waals surface area (Å²) in [6.45, 7) is -0.0540. The summed E-state index contributed by atoms with van der Waals surface area (Å²) >= 11 is 0. The number of benzene rings is 2. The summed E-state index contributed by atoms with van der Waals surface area (Å²) in [6, 6.07) is 15.4. The number of aliphatic hydroxyl groups excluding tert-OH is 1. The largest absolute Gasteiger partial charge is 0.491 e. The van der Waals surface area contributed by atoms with E-state index in [4.69, 9.17) is 24.9 Å². The zero-order valence-electron chi connectivity index (χ0n) is 16.9. The number of nitrogens with one attached hydrogen (secondary N) is 1. The van der Waals surface area contributed by atoms with Gasteiger partial charge in [0.05, 0.1) is 18.2 Å². The van der Waals surface area contributed by atoms with Gasteiger partial charge < -0.3 is 19.7 Å². The number of aliphatic hydroxyl groups is 1. The number of ether oxygens (including phenoxy) is 2. The Bertz CT molecular complexity index is 934. The van der Waals surface area contributed by atoms with E-state index in [9.17, 15) is 9.59 Å². The molecule has 8 heteroatoms. The fourth-order valence-electron chi connectivity index (χ4n) is 2.82. The van der Waals surface area contributed by atoms with Crippen LogP contribution < -0.4 is 10.1 Å². The van der Waals surface area contributed by atoms with Gasteiger partial charge in [0, 0.05) is 17.3 Å². The normalized spacial score (nSPS) is 11.5. The lowest BCUT2D eigenvalue weighted by molar-refractivity contribution is -0.131. The monoisotopic (exact) mass is 424 g/mol. The van der Waals surface area contributed by atoms with Crippen LogP contribution in [0.2, 0.25) is 0 Å². The van der Waals surface area contributed by atoms with E-state index in [0.29, 0.717) is 41.8 Å². The first kappa shape index (κ1) is 23.4. The number of allylic oxidation sites excluding steroid dienone is 1. The maximum Gasteiger partial charge on any atom is 0.412 e. The van der Waals surface area contributed by atoms with E-state index in [1.165, 1.54) is 0 Å². The van der Waals surface area contributed by atoms with E-state index < -0.39 is 18.2 Å². The minimum Gasteiger partial charge on any atom is -0.491 e. The van der Waals surface area contributed by atoms with Gasteiger partial charge in [0.2, 0.25) is 0 Å². The third-order valence-corrected chi connectivity index (χ3v) is 4.22. The number of unbranched alkanes of at least 4 members (excludes halogenated alkanes) is 1. The molecule has 1 amide bonds. The van der Waals surface area contributed by atoms with Crippen molar-refractivity contribution in [1.29, 1.82) is 5.26 Å². The topological polar surface area (TPSA) is 129 Å². The quantitative estimate of drug-likeness (QED) is 0.367. The van der Waals surface area contributed by atoms with Gasteiger partial charge in [0.1, 0.15) is 18.5 Å². The Morgan fingerprint density at radius 1 is 1.16 bits per heavy atom. The van der Waals surface area contributed by atoms with E-state index >= 15 is 0 Å². The molecule has 0 saturated heterocycles. The smallest absolute Gasteiger partial charge is 0.412 e. The van der Waals surface area contributed by atoms with Crippen LogP contribution in [0.5, 0.6) is 5.75 Å². The minimum absolute atomic E-state index is 0.0997. The molecule has 0 spiro atoms. The molecule has 0 unspecified atom stereocenters. The van der Waals surface area contributed by atoms with Crippen molar-refractivity contribution in [1.82, 2.24) is 0 Å². The number of aliphatic carboxylic acids is 1. The number of nitriles is 1. The molecular weight excluding hydrogens is 400 g/mol. The third kappa shape index (κ3) is 8.20. The van der Waals surface area contributed by atoms with Crippen LogP contribution >= 0.6 is 0 Å². The molecular formula is C23H24N2O6. The lowest BCUT2D eigenvalue weighted by Crippen LogP contribution is -2.18. The van der Waals surface area contributed by atoms with Crippen LogP contribution in [0.1, 0.15) is 36.5 Å². The summed E-state index contributed by atoms with van der Waals surface area (Å²) in [4.78, 5) is 23.1. The van der Waals surface area contributed by atoms with Crippen LogP contribution in [0.15, 0.2) is 60.7 Å². The predicted octanol–water partition coefficient (Wildman–Crippen LogP) is 4.03. The molecule has 0 radical (unpaired) electrons. The summed E-state index contributed by atoms with van der Waals surface area (Å²) in [7, 11) is 0. The number of hydrogen-bond donors (Lipinski definition) is 3. The standard InChI is InChI=1S/C23H24N2O6/c24-16-17-10-12-18(13-11-17)25-23(29)31-21(8-2-1-3-9-22(27)28)19-6-4-5-7-20(19)30-15-14-26/h3-7,9-13,21,26H,1-2,8,14-15H2,(H,25,29)(H,27,28)/b9-3+/t21-/m0/s1. The molecule has 0 aromatic heterocycles. The molecule has 0 saturated carbocycles. The molecule has 2 aromatic rings. The van der Waals surface area contributed by atoms with Crippen LogP contribution in [0.3, 0.4) is 0 Å². The number of para-hydroxylation sites is 1. The highest BCUT2D eigenvalue weighted by atomic mass is 16.6. The van der Waals surface area contributed by atoms with Crippen LogP contribution in [-0.4, -0.2) is 35.5 Å². The fourth-order valence-corrected chi connectivity index (χ4v) is 2.82. The molecule has 3 N–H and O–H groups in total. The molecule has 1 atom stereocenters. The van der Waals surface area contributed by atoms with Crippen molar-refractivity contribution >= 4 is 17.7 Å². The first-order chi connectivity index (χ1) is 15.0. The van der Waals surface area contributed by atoms with E-state index in [1.807, 2.05) is 6.07 Å². The molecule has 0 heterocycles. The number of carbonyl (C=O) groups is 2. The molecule has 31 heavy (non-hydrogen) atoms. The lowest BCUT2D eigenvalue weighted by Gasteiger charge is -2.21. The van der Waals surface area contributed by atoms with Gasteiger partial charge in [0.25, 0.3) is 0 Å². The molecule has 2 aromatic carbocycles. The van der Waals surface area contributed by atoms with Gasteiger partial charge in [-0.1, -0.05) is 24.3 Å². The van der Waals surface area contributed by atoms with E-state index in [1.54, 1.807) is 54.6 Å². The van der Waals surface area contributed by atoms with Gasteiger partial charge in [-0.3, -0.25) is 5.32 Å². The number of anilines is 1. The average molecular weight is 424 g/mol. The molecule has 0 bridgehead atoms. The number of rotatable bonds is 11. The molecule has 0 aliphatic rings. The zero-order valence-corrected chi connectivity index (χ0v) is 16.9. The highest BCUT2D eigenvalue weighted by Crippen LogP contribution is 2.32. The van der Waals surface area contributed by atoms with Gasteiger partial charge >= 0.3 is 12.1 Å². The van der Waals surface area contributed by atoms with E-state index in [2.05, 4.69) is 5.32 Å². The molecule has 0 fully saturated rings. The summed E-state index contributed by atoms with van der Waals surface area (Å²) in [5, 5.41) is 29.2. The van der Waals surface area contributed by atoms with Gasteiger partial charge in [-0.2, -0.15) is 5.26 Å². The fraction of sp³-hybridized carbons (Fsp3) is 0.261. The Balaban J connectivity index is 2.12. The number of hydrogen-bond acceptors (Lipinski definition) is 6. The van der Waals surface area contributed by atoms with Gasteiger partial charge in [-0.25, -0.2) is 9.59 Å². The van der Waals surface area contributed by atoms with Gasteiger partial charge in [-0.05, 0) is 49.6 Å². The van der Waals surface area contributed by atoms with Crippen molar-refractivity contribution < 1.29 is 29.3 Å². The van der Waals surface area contributed by atoms with Crippen molar-refractivity contribution in [2.75, 3.05) is 18.5 Å². The number of nitrogens with zero attached hydrogens (tertiary/aromatic N) is 1. The predicted molar refractivity (Wildman–Crippen MR) is 114 cm³/mol. The van der Waals surface area contributed by atoms with Crippen molar-refractivity contribution in [2.24, 2.45) is 0 Å². The summed E-state index contributed by atoms with van der Waals surface area (Å²) in [5.41, 5.74) is 1.60. The Morgan fingerprint density at radius 3 is 2.58 bits per heavy atom. The van der Waals surface area contributed by atoms with Crippen molar-refractivity contribution in [2.45, 2.75) is 25.4 Å². The Morgan fingerprint density at radius 2 is 1.90 bits per heavy atom. The van der Waals surface area contributed by atoms with Gasteiger partial charge in [0.15, 0.2) is 0 Å². The first-order valence-electron chi connectivity index (χ1n) is 9.73. The second kappa shape index (κ2) is 12.7. The molecule has 8 nitrogen and oxygen atoms in total. The van der Waals surface area contributed by atoms with Crippen molar-refractivity contribution in [3.8, 4) is 11.8 Å². The van der Waals surface area contributed by atoms with E-state index in [-0.39, 0.29) is 13.2 Å². The molecule has 0 aliphatic heterocycles. The van der Waals surface area contributed by atoms with Crippen LogP contribution in [-0.2, 0) is 9.53 Å². The summed E-state index contributed by atoms with van der Waals surface area (Å²) in [5.74, 6) is -0.522. The molecule has 162 valence electrons. The number of carboxylic acids is 1. The van der Waals surface area contributed by atoms with Crippen LogP contribution in [0.4, 0.5) is 10.5 Å². The first-order valence-corrected chi connectivity index (χ1v) is 9.73. The third-order valence-electron chi connectivity index (χ3n) is 4.22. The molecule has 0 aliphatic carbocycles. The van der Waals surface area contributed by atoms with Gasteiger partial charge in [-0.15, -0.1) is 0 Å². The van der Waals surface area contributed by atoms with Crippen molar-refractivity contribution in [3.63, 3.8) is 0 Å². The Labute approximate surface area is 180 Å². The van der Waals surface area contributed by atoms with E-state index in [0.717, 1.165) is 6.08 Å². The maximum absolute atomic E-state index is 12.5. The van der Waals surface area contributed by atoms with Crippen LogP contribution in [0, 0.1) is 11.3 Å². The Kier molecular flexibility index (Phi) is 9.59. The number of amides is 1. The van der Waals surface area contributed by atoms with Crippen LogP contribution in [0.25, 0.3) is 0 Å². The molecule has 2 rings (SSSR count). The average Bonchev–Trinajstić information content (AvgIpc) is 2.77. The Hall–Kier alpha value is -3.83. The second-order valence-corrected chi connectivity index (χ2v) is 6.49. The summed E-state index contributed by atoms with van der Waals surface area (Å²) in [6.07, 6.45) is 2.82. The number of carbonyl (C=O) groups excluding carboxylic acids is 1. The van der Waals surface area contributed by atoms with Crippen molar-refractivity contribution in [3.05, 3.63) is 71.8 Å². The second-order valence-electron chi connectivity index (χ2n) is 6.49. The maximum atomic E-state index is 12.5. The number of carboxylic acid groups (broad SMARTS) is 1.